The number of carbonyl (C=O) groups excluding carboxylic acids is 1. The van der Waals surface area contributed by atoms with E-state index < -0.39 is 0 Å². The van der Waals surface area contributed by atoms with Crippen LogP contribution in [0.2, 0.25) is 0 Å². The van der Waals surface area contributed by atoms with Crippen LogP contribution in [0, 0.1) is 20.8 Å². The third-order valence-corrected chi connectivity index (χ3v) is 4.81. The lowest BCUT2D eigenvalue weighted by Crippen LogP contribution is -2.22. The Balaban J connectivity index is 2.09. The van der Waals surface area contributed by atoms with Gasteiger partial charge in [0.2, 0.25) is 0 Å². The second-order valence-corrected chi connectivity index (χ2v) is 6.95. The summed E-state index contributed by atoms with van der Waals surface area (Å²) in [5.41, 5.74) is 6.69. The summed E-state index contributed by atoms with van der Waals surface area (Å²) >= 11 is 0. The molecule has 1 aromatic heterocycles. The number of imidazole rings is 1. The zero-order valence-electron chi connectivity index (χ0n) is 16.8. The predicted molar refractivity (Wildman–Crippen MR) is 108 cm³/mol. The fourth-order valence-corrected chi connectivity index (χ4v) is 3.33. The van der Waals surface area contributed by atoms with E-state index in [0.29, 0.717) is 12.1 Å². The van der Waals surface area contributed by atoms with E-state index >= 15 is 0 Å². The number of hydrogen-bond donors (Lipinski definition) is 1. The van der Waals surface area contributed by atoms with E-state index in [0.717, 1.165) is 22.5 Å². The zero-order chi connectivity index (χ0) is 19.7. The number of nitrogens with zero attached hydrogens (tertiary/aromatic N) is 3. The van der Waals surface area contributed by atoms with Crippen molar-refractivity contribution in [2.75, 3.05) is 26.5 Å². The number of nitrogens with one attached hydrogen (secondary N) is 1. The van der Waals surface area contributed by atoms with Gasteiger partial charge in [0.05, 0.1) is 5.69 Å². The Labute approximate surface area is 159 Å². The topological polar surface area (TPSA) is 59.4 Å². The Morgan fingerprint density at radius 3 is 2.44 bits per heavy atom. The number of benzene rings is 2. The Morgan fingerprint density at radius 2 is 1.85 bits per heavy atom. The maximum Gasteiger partial charge on any atom is 0.253 e. The molecule has 3 rings (SSSR count). The van der Waals surface area contributed by atoms with Crippen LogP contribution in [0.3, 0.4) is 0 Å². The molecule has 0 aliphatic heterocycles. The molecule has 0 aliphatic carbocycles. The van der Waals surface area contributed by atoms with Crippen LogP contribution in [-0.4, -0.2) is 41.7 Å². The molecule has 6 nitrogen and oxygen atoms in total. The molecule has 0 bridgehead atoms. The van der Waals surface area contributed by atoms with Crippen LogP contribution in [0.15, 0.2) is 30.3 Å². The molecule has 0 unspecified atom stereocenters. The Morgan fingerprint density at radius 1 is 1.19 bits per heavy atom. The number of hydrogen-bond acceptors (Lipinski definition) is 4. The van der Waals surface area contributed by atoms with Gasteiger partial charge >= 0.3 is 0 Å². The summed E-state index contributed by atoms with van der Waals surface area (Å²) in [7, 11) is 5.09. The highest BCUT2D eigenvalue weighted by Gasteiger charge is 2.18. The highest BCUT2D eigenvalue weighted by molar-refractivity contribution is 6.01. The molecule has 3 aromatic rings. The lowest BCUT2D eigenvalue weighted by molar-refractivity contribution is 0.0827. The largest absolute Gasteiger partial charge is 0.415 e. The van der Waals surface area contributed by atoms with Crippen molar-refractivity contribution in [2.24, 2.45) is 0 Å². The van der Waals surface area contributed by atoms with Crippen molar-refractivity contribution in [1.29, 1.82) is 0 Å². The van der Waals surface area contributed by atoms with E-state index in [1.165, 1.54) is 16.7 Å². The Hall–Kier alpha value is -3.02. The molecule has 1 N–H and O–H groups in total. The molecule has 0 saturated carbocycles. The number of aromatic nitrogens is 2. The minimum atomic E-state index is -0.0615. The molecule has 2 aromatic carbocycles. The molecule has 0 aliphatic rings. The van der Waals surface area contributed by atoms with E-state index in [2.05, 4.69) is 42.3 Å². The van der Waals surface area contributed by atoms with Gasteiger partial charge in [-0.1, -0.05) is 18.2 Å². The minimum Gasteiger partial charge on any atom is -0.415 e. The van der Waals surface area contributed by atoms with Gasteiger partial charge in [-0.05, 0) is 49.6 Å². The van der Waals surface area contributed by atoms with Crippen LogP contribution in [0.5, 0.6) is 0 Å². The molecule has 0 spiro atoms. The van der Waals surface area contributed by atoms with Crippen molar-refractivity contribution in [3.63, 3.8) is 0 Å². The van der Waals surface area contributed by atoms with Gasteiger partial charge in [0.1, 0.15) is 24.0 Å². The molecule has 1 amide bonds. The SMILES string of the molecule is COn1c(C)nc2c(NCc3c(C)cccc3C)cc(C(=O)N(C)C)cc21. The summed E-state index contributed by atoms with van der Waals surface area (Å²) in [5, 5.41) is 3.48. The molecular weight excluding hydrogens is 340 g/mol. The minimum absolute atomic E-state index is 0.0615. The average molecular weight is 366 g/mol. The first-order valence-electron chi connectivity index (χ1n) is 8.91. The quantitative estimate of drug-likeness (QED) is 0.752. The first kappa shape index (κ1) is 18.8. The van der Waals surface area contributed by atoms with Gasteiger partial charge in [-0.25, -0.2) is 4.98 Å². The number of amides is 1. The van der Waals surface area contributed by atoms with Crippen molar-refractivity contribution in [3.8, 4) is 0 Å². The fourth-order valence-electron chi connectivity index (χ4n) is 3.33. The summed E-state index contributed by atoms with van der Waals surface area (Å²) in [6.07, 6.45) is 0. The molecule has 0 radical (unpaired) electrons. The van der Waals surface area contributed by atoms with E-state index in [4.69, 9.17) is 4.84 Å². The second-order valence-electron chi connectivity index (χ2n) is 6.95. The van der Waals surface area contributed by atoms with E-state index in [1.807, 2.05) is 19.1 Å². The molecule has 0 fully saturated rings. The van der Waals surface area contributed by atoms with Gasteiger partial charge in [0.25, 0.3) is 5.91 Å². The third-order valence-electron chi connectivity index (χ3n) is 4.81. The van der Waals surface area contributed by atoms with Crippen LogP contribution in [0.1, 0.15) is 32.9 Å². The summed E-state index contributed by atoms with van der Waals surface area (Å²) in [6, 6.07) is 9.97. The maximum absolute atomic E-state index is 12.6. The summed E-state index contributed by atoms with van der Waals surface area (Å²) < 4.78 is 1.64. The summed E-state index contributed by atoms with van der Waals surface area (Å²) in [6.45, 7) is 6.75. The van der Waals surface area contributed by atoms with Crippen molar-refractivity contribution in [2.45, 2.75) is 27.3 Å². The van der Waals surface area contributed by atoms with Crippen LogP contribution in [-0.2, 0) is 6.54 Å². The van der Waals surface area contributed by atoms with Gasteiger partial charge in [-0.3, -0.25) is 4.79 Å². The normalized spacial score (nSPS) is 10.9. The number of fused-ring (bicyclic) bond motifs is 1. The van der Waals surface area contributed by atoms with Gasteiger partial charge in [-0.15, -0.1) is 0 Å². The second kappa shape index (κ2) is 7.31. The first-order chi connectivity index (χ1) is 12.8. The van der Waals surface area contributed by atoms with Crippen molar-refractivity contribution >= 4 is 22.6 Å². The highest BCUT2D eigenvalue weighted by Crippen LogP contribution is 2.27. The smallest absolute Gasteiger partial charge is 0.253 e. The number of anilines is 1. The summed E-state index contributed by atoms with van der Waals surface area (Å²) in [4.78, 5) is 24.2. The Kier molecular flexibility index (Phi) is 5.08. The first-order valence-corrected chi connectivity index (χ1v) is 8.91. The zero-order valence-corrected chi connectivity index (χ0v) is 16.8. The molecule has 142 valence electrons. The van der Waals surface area contributed by atoms with Gasteiger partial charge in [-0.2, -0.15) is 4.73 Å². The van der Waals surface area contributed by atoms with Crippen molar-refractivity contribution in [3.05, 3.63) is 58.4 Å². The van der Waals surface area contributed by atoms with Gasteiger partial charge in [0, 0.05) is 26.2 Å². The number of aryl methyl sites for hydroxylation is 3. The van der Waals surface area contributed by atoms with Crippen molar-refractivity contribution < 1.29 is 9.63 Å². The van der Waals surface area contributed by atoms with Crippen LogP contribution in [0.4, 0.5) is 5.69 Å². The van der Waals surface area contributed by atoms with Crippen LogP contribution >= 0.6 is 0 Å². The highest BCUT2D eigenvalue weighted by atomic mass is 16.6. The molecular formula is C21H26N4O2. The predicted octanol–water partition coefficient (Wildman–Crippen LogP) is 3.33. The van der Waals surface area contributed by atoms with E-state index in [9.17, 15) is 4.79 Å². The fraction of sp³-hybridized carbons (Fsp3) is 0.333. The monoisotopic (exact) mass is 366 g/mol. The lowest BCUT2D eigenvalue weighted by atomic mass is 10.0. The number of rotatable bonds is 5. The summed E-state index contributed by atoms with van der Waals surface area (Å²) in [5.74, 6) is 0.672. The average Bonchev–Trinajstić information content (AvgIpc) is 2.95. The molecule has 0 saturated heterocycles. The Bertz CT molecular complexity index is 985. The maximum atomic E-state index is 12.6. The van der Waals surface area contributed by atoms with Crippen molar-refractivity contribution in [1.82, 2.24) is 14.6 Å². The van der Waals surface area contributed by atoms with Crippen LogP contribution in [0.25, 0.3) is 11.0 Å². The third kappa shape index (κ3) is 3.47. The standard InChI is InChI=1S/C21H26N4O2/c1-13-8-7-9-14(2)17(13)12-22-18-10-16(21(26)24(4)5)11-19-20(18)23-15(3)25(19)27-6/h7-11,22H,12H2,1-6H3. The van der Waals surface area contributed by atoms with E-state index in [-0.39, 0.29) is 5.91 Å². The molecule has 6 heteroatoms. The lowest BCUT2D eigenvalue weighted by Gasteiger charge is -2.15. The van der Waals surface area contributed by atoms with Gasteiger partial charge in [0.15, 0.2) is 0 Å². The van der Waals surface area contributed by atoms with Gasteiger partial charge < -0.3 is 15.1 Å². The van der Waals surface area contributed by atoms with E-state index in [1.54, 1.807) is 30.8 Å². The van der Waals surface area contributed by atoms with Crippen LogP contribution < -0.4 is 10.2 Å². The number of carbonyl (C=O) groups is 1. The molecule has 1 heterocycles. The molecule has 27 heavy (non-hydrogen) atoms. The molecule has 0 atom stereocenters.